The van der Waals surface area contributed by atoms with E-state index < -0.39 is 11.7 Å². The SMILES string of the molecule is Cc1nc(-c2cccc(C(F)(F)F)c2)nc(N2CCN(C(=O)NCc3ccccc3)CC2)c1C. The van der Waals surface area contributed by atoms with Gasteiger partial charge in [0.1, 0.15) is 5.82 Å². The molecule has 9 heteroatoms. The van der Waals surface area contributed by atoms with Crippen molar-refractivity contribution in [1.29, 1.82) is 0 Å². The van der Waals surface area contributed by atoms with Crippen LogP contribution in [0.25, 0.3) is 11.4 Å². The summed E-state index contributed by atoms with van der Waals surface area (Å²) >= 11 is 0. The van der Waals surface area contributed by atoms with Crippen molar-refractivity contribution in [3.05, 3.63) is 77.0 Å². The van der Waals surface area contributed by atoms with Crippen LogP contribution in [0.1, 0.15) is 22.4 Å². The second-order valence-corrected chi connectivity index (χ2v) is 8.28. The minimum Gasteiger partial charge on any atom is -0.353 e. The van der Waals surface area contributed by atoms with Crippen LogP contribution in [0.5, 0.6) is 0 Å². The fourth-order valence-corrected chi connectivity index (χ4v) is 3.89. The average Bonchev–Trinajstić information content (AvgIpc) is 2.84. The first-order chi connectivity index (χ1) is 16.2. The highest BCUT2D eigenvalue weighted by Gasteiger charge is 2.31. The van der Waals surface area contributed by atoms with Gasteiger partial charge in [0.15, 0.2) is 5.82 Å². The van der Waals surface area contributed by atoms with Gasteiger partial charge in [0.05, 0.1) is 5.56 Å². The molecule has 178 valence electrons. The monoisotopic (exact) mass is 469 g/mol. The maximum absolute atomic E-state index is 13.2. The van der Waals surface area contributed by atoms with Gasteiger partial charge in [-0.2, -0.15) is 13.2 Å². The Balaban J connectivity index is 1.46. The van der Waals surface area contributed by atoms with E-state index in [0.717, 1.165) is 23.3 Å². The summed E-state index contributed by atoms with van der Waals surface area (Å²) in [5.41, 5.74) is 2.20. The second kappa shape index (κ2) is 9.70. The van der Waals surface area contributed by atoms with Crippen molar-refractivity contribution < 1.29 is 18.0 Å². The molecule has 2 heterocycles. The fraction of sp³-hybridized carbons (Fsp3) is 0.320. The topological polar surface area (TPSA) is 61.4 Å². The molecule has 6 nitrogen and oxygen atoms in total. The fourth-order valence-electron chi connectivity index (χ4n) is 3.89. The predicted molar refractivity (Wildman–Crippen MR) is 124 cm³/mol. The van der Waals surface area contributed by atoms with Gasteiger partial charge in [-0.1, -0.05) is 42.5 Å². The summed E-state index contributed by atoms with van der Waals surface area (Å²) in [6, 6.07) is 14.6. The van der Waals surface area contributed by atoms with Gasteiger partial charge < -0.3 is 15.1 Å². The highest BCUT2D eigenvalue weighted by Crippen LogP contribution is 2.32. The molecule has 1 saturated heterocycles. The molecule has 2 amide bonds. The van der Waals surface area contributed by atoms with Crippen LogP contribution in [-0.2, 0) is 12.7 Å². The number of benzene rings is 2. The molecule has 0 atom stereocenters. The number of aromatic nitrogens is 2. The molecule has 0 spiro atoms. The molecule has 0 bridgehead atoms. The van der Waals surface area contributed by atoms with Crippen molar-refractivity contribution in [2.75, 3.05) is 31.1 Å². The molecule has 0 aliphatic carbocycles. The number of nitrogens with one attached hydrogen (secondary N) is 1. The third-order valence-corrected chi connectivity index (χ3v) is 5.96. The Bertz CT molecular complexity index is 1160. The van der Waals surface area contributed by atoms with E-state index in [-0.39, 0.29) is 11.9 Å². The lowest BCUT2D eigenvalue weighted by atomic mass is 10.1. The van der Waals surface area contributed by atoms with E-state index >= 15 is 0 Å². The quantitative estimate of drug-likeness (QED) is 0.596. The maximum Gasteiger partial charge on any atom is 0.416 e. The largest absolute Gasteiger partial charge is 0.416 e. The molecule has 0 saturated carbocycles. The Labute approximate surface area is 196 Å². The first-order valence-electron chi connectivity index (χ1n) is 11.1. The molecule has 34 heavy (non-hydrogen) atoms. The zero-order chi connectivity index (χ0) is 24.3. The standard InChI is InChI=1S/C25H26F3N5O/c1-17-18(2)30-22(20-9-6-10-21(15-20)25(26,27)28)31-23(17)32-11-13-33(14-12-32)24(34)29-16-19-7-4-3-5-8-19/h3-10,15H,11-14,16H2,1-2H3,(H,29,34). The van der Waals surface area contributed by atoms with E-state index in [1.165, 1.54) is 6.07 Å². The first-order valence-corrected chi connectivity index (χ1v) is 11.1. The second-order valence-electron chi connectivity index (χ2n) is 8.28. The number of alkyl halides is 3. The van der Waals surface area contributed by atoms with Gasteiger partial charge in [0.2, 0.25) is 0 Å². The summed E-state index contributed by atoms with van der Waals surface area (Å²) < 4.78 is 39.5. The molecule has 1 aliphatic rings. The van der Waals surface area contributed by atoms with Gasteiger partial charge >= 0.3 is 12.2 Å². The van der Waals surface area contributed by atoms with Crippen LogP contribution in [0, 0.1) is 13.8 Å². The third kappa shape index (κ3) is 5.30. The number of hydrogen-bond donors (Lipinski definition) is 1. The molecule has 0 radical (unpaired) electrons. The predicted octanol–water partition coefficient (Wildman–Crippen LogP) is 4.81. The Morgan fingerprint density at radius 1 is 0.971 bits per heavy atom. The average molecular weight is 470 g/mol. The molecular weight excluding hydrogens is 443 g/mol. The van der Waals surface area contributed by atoms with Crippen molar-refractivity contribution in [1.82, 2.24) is 20.2 Å². The Morgan fingerprint density at radius 3 is 2.35 bits per heavy atom. The van der Waals surface area contributed by atoms with E-state index in [1.807, 2.05) is 44.2 Å². The van der Waals surface area contributed by atoms with Gasteiger partial charge in [-0.05, 0) is 31.5 Å². The molecule has 1 N–H and O–H groups in total. The molecule has 1 aliphatic heterocycles. The number of rotatable bonds is 4. The highest BCUT2D eigenvalue weighted by atomic mass is 19.4. The van der Waals surface area contributed by atoms with E-state index in [2.05, 4.69) is 20.2 Å². The first kappa shape index (κ1) is 23.5. The third-order valence-electron chi connectivity index (χ3n) is 5.96. The summed E-state index contributed by atoms with van der Waals surface area (Å²) in [4.78, 5) is 25.4. The number of piperazine rings is 1. The molecule has 0 unspecified atom stereocenters. The van der Waals surface area contributed by atoms with Crippen LogP contribution in [0.15, 0.2) is 54.6 Å². The number of anilines is 1. The number of nitrogens with zero attached hydrogens (tertiary/aromatic N) is 4. The highest BCUT2D eigenvalue weighted by molar-refractivity contribution is 5.74. The lowest BCUT2D eigenvalue weighted by molar-refractivity contribution is -0.137. The Morgan fingerprint density at radius 2 is 1.68 bits per heavy atom. The summed E-state index contributed by atoms with van der Waals surface area (Å²) in [5, 5.41) is 2.94. The lowest BCUT2D eigenvalue weighted by Gasteiger charge is -2.36. The van der Waals surface area contributed by atoms with Crippen LogP contribution in [-0.4, -0.2) is 47.1 Å². The van der Waals surface area contributed by atoms with Crippen molar-refractivity contribution in [3.8, 4) is 11.4 Å². The number of amides is 2. The van der Waals surface area contributed by atoms with Crippen molar-refractivity contribution in [2.45, 2.75) is 26.6 Å². The minimum absolute atomic E-state index is 0.122. The minimum atomic E-state index is -4.43. The zero-order valence-electron chi connectivity index (χ0n) is 19.1. The summed E-state index contributed by atoms with van der Waals surface area (Å²) in [7, 11) is 0. The van der Waals surface area contributed by atoms with E-state index in [4.69, 9.17) is 0 Å². The van der Waals surface area contributed by atoms with E-state index in [1.54, 1.807) is 11.0 Å². The molecule has 3 aromatic rings. The van der Waals surface area contributed by atoms with E-state index in [9.17, 15) is 18.0 Å². The molecular formula is C25H26F3N5O. The van der Waals surface area contributed by atoms with Crippen LogP contribution in [0.3, 0.4) is 0 Å². The van der Waals surface area contributed by atoms with Crippen LogP contribution in [0.4, 0.5) is 23.8 Å². The molecule has 1 fully saturated rings. The molecule has 2 aromatic carbocycles. The van der Waals surface area contributed by atoms with Crippen LogP contribution in [0.2, 0.25) is 0 Å². The number of carbonyl (C=O) groups excluding carboxylic acids is 1. The number of urea groups is 1. The van der Waals surface area contributed by atoms with Gasteiger partial charge in [0, 0.05) is 49.5 Å². The number of halogens is 3. The zero-order valence-corrected chi connectivity index (χ0v) is 19.1. The van der Waals surface area contributed by atoms with Crippen LogP contribution >= 0.6 is 0 Å². The van der Waals surface area contributed by atoms with Gasteiger partial charge in [-0.3, -0.25) is 0 Å². The normalized spacial score (nSPS) is 14.3. The Kier molecular flexibility index (Phi) is 6.72. The van der Waals surface area contributed by atoms with E-state index in [0.29, 0.717) is 49.8 Å². The van der Waals surface area contributed by atoms with Crippen molar-refractivity contribution in [2.24, 2.45) is 0 Å². The van der Waals surface area contributed by atoms with Gasteiger partial charge in [-0.15, -0.1) is 0 Å². The van der Waals surface area contributed by atoms with Crippen LogP contribution < -0.4 is 10.2 Å². The molecule has 1 aromatic heterocycles. The number of aryl methyl sites for hydroxylation is 1. The summed E-state index contributed by atoms with van der Waals surface area (Å²) in [6.45, 7) is 6.36. The Hall–Kier alpha value is -3.62. The van der Waals surface area contributed by atoms with Gasteiger partial charge in [-0.25, -0.2) is 14.8 Å². The summed E-state index contributed by atoms with van der Waals surface area (Å²) in [5.74, 6) is 0.941. The van der Waals surface area contributed by atoms with Crippen molar-refractivity contribution in [3.63, 3.8) is 0 Å². The van der Waals surface area contributed by atoms with Crippen molar-refractivity contribution >= 4 is 11.8 Å². The summed E-state index contributed by atoms with van der Waals surface area (Å²) in [6.07, 6.45) is -4.43. The number of carbonyl (C=O) groups is 1. The molecule has 4 rings (SSSR count). The van der Waals surface area contributed by atoms with Gasteiger partial charge in [0.25, 0.3) is 0 Å². The lowest BCUT2D eigenvalue weighted by Crippen LogP contribution is -2.52. The smallest absolute Gasteiger partial charge is 0.353 e. The maximum atomic E-state index is 13.2. The number of hydrogen-bond acceptors (Lipinski definition) is 4.